The minimum Gasteiger partial charge on any atom is -0.356 e. The molecule has 0 aliphatic carbocycles. The van der Waals surface area contributed by atoms with E-state index in [1.54, 1.807) is 14.0 Å². The van der Waals surface area contributed by atoms with Crippen molar-refractivity contribution in [2.24, 2.45) is 7.05 Å². The van der Waals surface area contributed by atoms with Crippen LogP contribution in [0.15, 0.2) is 35.4 Å². The third-order valence-corrected chi connectivity index (χ3v) is 4.57. The Morgan fingerprint density at radius 1 is 1.23 bits per heavy atom. The van der Waals surface area contributed by atoms with Crippen molar-refractivity contribution in [3.63, 3.8) is 0 Å². The fourth-order valence-electron chi connectivity index (χ4n) is 2.97. The summed E-state index contributed by atoms with van der Waals surface area (Å²) in [6.07, 6.45) is 2.35. The smallest absolute Gasteiger partial charge is 0.256 e. The topological polar surface area (TPSA) is 81.8 Å². The Morgan fingerprint density at radius 3 is 2.77 bits per heavy atom. The Morgan fingerprint density at radius 2 is 2.00 bits per heavy atom. The van der Waals surface area contributed by atoms with Crippen LogP contribution in [0.1, 0.15) is 23.4 Å². The van der Waals surface area contributed by atoms with E-state index in [4.69, 9.17) is 0 Å². The molecule has 0 spiro atoms. The summed E-state index contributed by atoms with van der Waals surface area (Å²) < 4.78 is 3.39. The number of nitrogens with one attached hydrogen (secondary N) is 1. The van der Waals surface area contributed by atoms with Crippen LogP contribution in [0.25, 0.3) is 10.9 Å². The molecule has 26 heavy (non-hydrogen) atoms. The second-order valence-corrected chi connectivity index (χ2v) is 6.44. The zero-order chi connectivity index (χ0) is 18.7. The number of carbonyl (C=O) groups is 1. The van der Waals surface area contributed by atoms with E-state index >= 15 is 0 Å². The van der Waals surface area contributed by atoms with Crippen molar-refractivity contribution in [2.75, 3.05) is 6.54 Å². The molecule has 7 nitrogen and oxygen atoms in total. The largest absolute Gasteiger partial charge is 0.356 e. The maximum absolute atomic E-state index is 12.1. The lowest BCUT2D eigenvalue weighted by Crippen LogP contribution is -2.29. The minimum atomic E-state index is -0.129. The molecule has 0 aliphatic rings. The zero-order valence-corrected chi connectivity index (χ0v) is 15.3. The molecular formula is C19H23N5O2. The third-order valence-electron chi connectivity index (χ3n) is 4.57. The Labute approximate surface area is 151 Å². The normalized spacial score (nSPS) is 11.0. The summed E-state index contributed by atoms with van der Waals surface area (Å²) in [4.78, 5) is 28.2. The van der Waals surface area contributed by atoms with Crippen LogP contribution in [0, 0.1) is 13.8 Å². The highest BCUT2D eigenvalue weighted by Gasteiger charge is 2.11. The standard InChI is InChI=1S/C19H23N5O2/c1-13-17(21-12-23(3)19(13)26)11-18(25)20-9-6-10-24-14(2)15-7-4-5-8-16(15)22-24/h4-5,7-8,12H,6,9-11H2,1-3H3,(H,20,25). The summed E-state index contributed by atoms with van der Waals surface area (Å²) in [6.45, 7) is 5.05. The van der Waals surface area contributed by atoms with Crippen molar-refractivity contribution in [2.45, 2.75) is 33.2 Å². The lowest BCUT2D eigenvalue weighted by atomic mass is 10.2. The first-order valence-corrected chi connectivity index (χ1v) is 8.67. The summed E-state index contributed by atoms with van der Waals surface area (Å²) in [5, 5.41) is 8.63. The zero-order valence-electron chi connectivity index (χ0n) is 15.3. The fraction of sp³-hybridized carbons (Fsp3) is 0.368. The average molecular weight is 353 g/mol. The predicted octanol–water partition coefficient (Wildman–Crippen LogP) is 1.50. The van der Waals surface area contributed by atoms with E-state index in [1.165, 1.54) is 10.9 Å². The van der Waals surface area contributed by atoms with Crippen LogP contribution in [0.2, 0.25) is 0 Å². The quantitative estimate of drug-likeness (QED) is 0.681. The number of rotatable bonds is 6. The number of fused-ring (bicyclic) bond motifs is 1. The molecule has 2 aromatic heterocycles. The molecule has 3 rings (SSSR count). The summed E-state index contributed by atoms with van der Waals surface area (Å²) in [5.74, 6) is -0.129. The molecule has 0 bridgehead atoms. The van der Waals surface area contributed by atoms with Crippen LogP contribution in [0.4, 0.5) is 0 Å². The molecule has 0 radical (unpaired) electrons. The Kier molecular flexibility index (Phi) is 5.16. The van der Waals surface area contributed by atoms with Gasteiger partial charge in [-0.05, 0) is 26.3 Å². The molecule has 7 heteroatoms. The molecule has 1 N–H and O–H groups in total. The summed E-state index contributed by atoms with van der Waals surface area (Å²) in [7, 11) is 1.65. The van der Waals surface area contributed by atoms with Gasteiger partial charge in [-0.1, -0.05) is 18.2 Å². The fourth-order valence-corrected chi connectivity index (χ4v) is 2.97. The highest BCUT2D eigenvalue weighted by Crippen LogP contribution is 2.17. The summed E-state index contributed by atoms with van der Waals surface area (Å²) >= 11 is 0. The number of hydrogen-bond donors (Lipinski definition) is 1. The van der Waals surface area contributed by atoms with Gasteiger partial charge in [0.15, 0.2) is 0 Å². The van der Waals surface area contributed by atoms with E-state index in [9.17, 15) is 9.59 Å². The number of aryl methyl sites for hydroxylation is 3. The average Bonchev–Trinajstić information content (AvgIpc) is 2.95. The van der Waals surface area contributed by atoms with Gasteiger partial charge in [0, 0.05) is 36.8 Å². The van der Waals surface area contributed by atoms with Crippen molar-refractivity contribution in [1.29, 1.82) is 0 Å². The number of benzene rings is 1. The van der Waals surface area contributed by atoms with Gasteiger partial charge in [0.25, 0.3) is 5.56 Å². The third kappa shape index (κ3) is 3.66. The second-order valence-electron chi connectivity index (χ2n) is 6.44. The predicted molar refractivity (Wildman–Crippen MR) is 100 cm³/mol. The van der Waals surface area contributed by atoms with Crippen LogP contribution in [-0.2, 0) is 24.8 Å². The molecule has 0 aliphatic heterocycles. The lowest BCUT2D eigenvalue weighted by molar-refractivity contribution is -0.120. The number of amides is 1. The van der Waals surface area contributed by atoms with Gasteiger partial charge >= 0.3 is 0 Å². The summed E-state index contributed by atoms with van der Waals surface area (Å²) in [5.41, 5.74) is 3.04. The Balaban J connectivity index is 1.52. The van der Waals surface area contributed by atoms with Crippen molar-refractivity contribution >= 4 is 16.8 Å². The molecule has 0 saturated heterocycles. The van der Waals surface area contributed by atoms with Gasteiger partial charge in [-0.2, -0.15) is 5.10 Å². The molecule has 3 aromatic rings. The van der Waals surface area contributed by atoms with Crippen molar-refractivity contribution < 1.29 is 4.79 Å². The molecule has 2 heterocycles. The summed E-state index contributed by atoms with van der Waals surface area (Å²) in [6, 6.07) is 8.05. The number of hydrogen-bond acceptors (Lipinski definition) is 4. The van der Waals surface area contributed by atoms with Gasteiger partial charge in [-0.3, -0.25) is 14.3 Å². The van der Waals surface area contributed by atoms with Crippen LogP contribution >= 0.6 is 0 Å². The Bertz CT molecular complexity index is 1000. The van der Waals surface area contributed by atoms with E-state index in [0.29, 0.717) is 17.8 Å². The van der Waals surface area contributed by atoms with Crippen molar-refractivity contribution in [3.8, 4) is 0 Å². The van der Waals surface area contributed by atoms with E-state index in [-0.39, 0.29) is 17.9 Å². The SMILES string of the molecule is Cc1c(CC(=O)NCCCn2nc3ccccc3c2C)ncn(C)c1=O. The van der Waals surface area contributed by atoms with Gasteiger partial charge < -0.3 is 9.88 Å². The first kappa shape index (κ1) is 17.8. The second kappa shape index (κ2) is 7.51. The van der Waals surface area contributed by atoms with Gasteiger partial charge in [-0.25, -0.2) is 4.98 Å². The van der Waals surface area contributed by atoms with Crippen LogP contribution in [-0.4, -0.2) is 31.8 Å². The van der Waals surface area contributed by atoms with E-state index in [2.05, 4.69) is 28.4 Å². The van der Waals surface area contributed by atoms with Crippen molar-refractivity contribution in [1.82, 2.24) is 24.6 Å². The van der Waals surface area contributed by atoms with Gasteiger partial charge in [0.1, 0.15) is 0 Å². The molecule has 0 unspecified atom stereocenters. The number of aromatic nitrogens is 4. The molecule has 0 fully saturated rings. The van der Waals surface area contributed by atoms with Gasteiger partial charge in [0.05, 0.1) is 24.0 Å². The van der Waals surface area contributed by atoms with Gasteiger partial charge in [0.2, 0.25) is 5.91 Å². The maximum Gasteiger partial charge on any atom is 0.256 e. The van der Waals surface area contributed by atoms with Crippen LogP contribution in [0.3, 0.4) is 0 Å². The monoisotopic (exact) mass is 353 g/mol. The molecule has 1 aromatic carbocycles. The molecule has 136 valence electrons. The molecular weight excluding hydrogens is 330 g/mol. The minimum absolute atomic E-state index is 0.118. The maximum atomic E-state index is 12.1. The highest BCUT2D eigenvalue weighted by molar-refractivity contribution is 5.81. The molecule has 0 atom stereocenters. The number of nitrogens with zero attached hydrogens (tertiary/aromatic N) is 4. The highest BCUT2D eigenvalue weighted by atomic mass is 16.1. The van der Waals surface area contributed by atoms with E-state index in [0.717, 1.165) is 29.6 Å². The first-order valence-electron chi connectivity index (χ1n) is 8.67. The molecule has 0 saturated carbocycles. The lowest BCUT2D eigenvalue weighted by Gasteiger charge is -2.08. The van der Waals surface area contributed by atoms with Crippen LogP contribution in [0.5, 0.6) is 0 Å². The van der Waals surface area contributed by atoms with Crippen molar-refractivity contribution in [3.05, 3.63) is 57.9 Å². The van der Waals surface area contributed by atoms with Crippen LogP contribution < -0.4 is 10.9 Å². The number of carbonyl (C=O) groups excluding carboxylic acids is 1. The first-order chi connectivity index (χ1) is 12.5. The van der Waals surface area contributed by atoms with E-state index < -0.39 is 0 Å². The molecule has 1 amide bonds. The van der Waals surface area contributed by atoms with Gasteiger partial charge in [-0.15, -0.1) is 0 Å². The van der Waals surface area contributed by atoms with E-state index in [1.807, 2.05) is 22.9 Å². The Hall–Kier alpha value is -2.96.